The van der Waals surface area contributed by atoms with Crippen LogP contribution in [-0.4, -0.2) is 15.7 Å². The van der Waals surface area contributed by atoms with E-state index in [-0.39, 0.29) is 18.0 Å². The van der Waals surface area contributed by atoms with E-state index in [1.807, 2.05) is 66.7 Å². The zero-order chi connectivity index (χ0) is 20.8. The highest BCUT2D eigenvalue weighted by Gasteiger charge is 2.08. The Labute approximate surface area is 173 Å². The maximum Gasteiger partial charge on any atom is 0.275 e. The fourth-order valence-electron chi connectivity index (χ4n) is 3.15. The van der Waals surface area contributed by atoms with Crippen LogP contribution in [0.25, 0.3) is 10.8 Å². The van der Waals surface area contributed by atoms with E-state index in [2.05, 4.69) is 10.4 Å². The van der Waals surface area contributed by atoms with E-state index in [1.54, 1.807) is 18.3 Å². The van der Waals surface area contributed by atoms with Crippen molar-refractivity contribution in [3.8, 4) is 5.75 Å². The van der Waals surface area contributed by atoms with Gasteiger partial charge in [0, 0.05) is 11.9 Å². The molecule has 1 amide bonds. The summed E-state index contributed by atoms with van der Waals surface area (Å²) in [7, 11) is 0. The highest BCUT2D eigenvalue weighted by Crippen LogP contribution is 2.13. The highest BCUT2D eigenvalue weighted by molar-refractivity contribution is 5.81. The molecule has 0 aliphatic heterocycles. The van der Waals surface area contributed by atoms with Gasteiger partial charge in [0.2, 0.25) is 5.91 Å². The predicted octanol–water partition coefficient (Wildman–Crippen LogP) is 3.29. The Kier molecular flexibility index (Phi) is 5.85. The number of rotatable bonds is 7. The molecule has 1 aromatic heterocycles. The molecule has 1 N–H and O–H groups in total. The second-order valence-electron chi connectivity index (χ2n) is 6.89. The van der Waals surface area contributed by atoms with Crippen molar-refractivity contribution in [2.75, 3.05) is 0 Å². The number of hydrogen-bond donors (Lipinski definition) is 1. The molecule has 0 saturated carbocycles. The van der Waals surface area contributed by atoms with Gasteiger partial charge in [-0.05, 0) is 29.3 Å². The first-order valence-electron chi connectivity index (χ1n) is 9.66. The smallest absolute Gasteiger partial charge is 0.275 e. The van der Waals surface area contributed by atoms with Crippen molar-refractivity contribution in [1.82, 2.24) is 15.1 Å². The number of nitrogens with zero attached hydrogens (tertiary/aromatic N) is 2. The summed E-state index contributed by atoms with van der Waals surface area (Å²) >= 11 is 0. The van der Waals surface area contributed by atoms with Gasteiger partial charge in [-0.15, -0.1) is 0 Å². The van der Waals surface area contributed by atoms with Crippen molar-refractivity contribution in [3.05, 3.63) is 107 Å². The lowest BCUT2D eigenvalue weighted by molar-refractivity contribution is -0.122. The largest absolute Gasteiger partial charge is 0.489 e. The minimum absolute atomic E-state index is 0.125. The summed E-state index contributed by atoms with van der Waals surface area (Å²) in [6.07, 6.45) is 1.60. The molecule has 0 saturated heterocycles. The van der Waals surface area contributed by atoms with Crippen molar-refractivity contribution in [2.24, 2.45) is 0 Å². The molecular formula is C24H21N3O3. The van der Waals surface area contributed by atoms with E-state index >= 15 is 0 Å². The Balaban J connectivity index is 1.35. The summed E-state index contributed by atoms with van der Waals surface area (Å²) in [5.74, 6) is 0.537. The second kappa shape index (κ2) is 9.05. The van der Waals surface area contributed by atoms with Crippen LogP contribution < -0.4 is 15.6 Å². The number of para-hydroxylation sites is 1. The molecule has 4 aromatic rings. The Morgan fingerprint density at radius 3 is 2.57 bits per heavy atom. The summed E-state index contributed by atoms with van der Waals surface area (Å²) in [5.41, 5.74) is 1.69. The number of amides is 1. The van der Waals surface area contributed by atoms with Crippen LogP contribution in [0.4, 0.5) is 0 Å². The van der Waals surface area contributed by atoms with Gasteiger partial charge < -0.3 is 10.1 Å². The molecular weight excluding hydrogens is 378 g/mol. The van der Waals surface area contributed by atoms with Gasteiger partial charge in [-0.3, -0.25) is 9.59 Å². The maximum absolute atomic E-state index is 12.5. The number of benzene rings is 3. The highest BCUT2D eigenvalue weighted by atomic mass is 16.5. The summed E-state index contributed by atoms with van der Waals surface area (Å²) in [6.45, 7) is 0.684. The first-order chi connectivity index (χ1) is 14.7. The third kappa shape index (κ3) is 4.72. The van der Waals surface area contributed by atoms with E-state index in [0.717, 1.165) is 22.3 Å². The van der Waals surface area contributed by atoms with Crippen LogP contribution in [0.15, 0.2) is 89.9 Å². The second-order valence-corrected chi connectivity index (χ2v) is 6.89. The molecule has 0 radical (unpaired) electrons. The van der Waals surface area contributed by atoms with Crippen molar-refractivity contribution in [2.45, 2.75) is 19.7 Å². The van der Waals surface area contributed by atoms with Crippen LogP contribution in [0.3, 0.4) is 0 Å². The lowest BCUT2D eigenvalue weighted by Crippen LogP contribution is -2.33. The molecule has 0 unspecified atom stereocenters. The summed E-state index contributed by atoms with van der Waals surface area (Å²) < 4.78 is 6.95. The van der Waals surface area contributed by atoms with Gasteiger partial charge in [0.25, 0.3) is 5.56 Å². The monoisotopic (exact) mass is 399 g/mol. The summed E-state index contributed by atoms with van der Waals surface area (Å²) in [5, 5.41) is 8.25. The Hall–Kier alpha value is -3.93. The van der Waals surface area contributed by atoms with Gasteiger partial charge in [-0.1, -0.05) is 60.7 Å². The quantitative estimate of drug-likeness (QED) is 0.518. The van der Waals surface area contributed by atoms with Crippen LogP contribution in [0, 0.1) is 0 Å². The molecule has 150 valence electrons. The normalized spacial score (nSPS) is 10.7. The number of nitrogens with one attached hydrogen (secondary N) is 1. The number of carbonyl (C=O) groups excluding carboxylic acids is 1. The number of fused-ring (bicyclic) bond motifs is 1. The molecule has 0 spiro atoms. The van der Waals surface area contributed by atoms with E-state index in [9.17, 15) is 9.59 Å². The molecule has 0 aliphatic rings. The van der Waals surface area contributed by atoms with Crippen molar-refractivity contribution >= 4 is 16.7 Å². The van der Waals surface area contributed by atoms with Crippen molar-refractivity contribution in [1.29, 1.82) is 0 Å². The number of ether oxygens (including phenoxy) is 1. The van der Waals surface area contributed by atoms with E-state index in [1.165, 1.54) is 4.68 Å². The molecule has 1 heterocycles. The first kappa shape index (κ1) is 19.4. The van der Waals surface area contributed by atoms with Crippen LogP contribution in [0.5, 0.6) is 5.75 Å². The predicted molar refractivity (Wildman–Crippen MR) is 115 cm³/mol. The molecule has 0 atom stereocenters. The Morgan fingerprint density at radius 1 is 0.933 bits per heavy atom. The summed E-state index contributed by atoms with van der Waals surface area (Å²) in [6, 6.07) is 24.6. The summed E-state index contributed by atoms with van der Waals surface area (Å²) in [4.78, 5) is 24.8. The standard InChI is InChI=1S/C24H21N3O3/c28-23(16-27-24(29)22-12-5-4-9-20(22)15-26-27)25-14-18-7-6-8-19(13-18)17-30-21-10-2-1-3-11-21/h1-13,15H,14,16-17H2,(H,25,28). The minimum Gasteiger partial charge on any atom is -0.489 e. The zero-order valence-electron chi connectivity index (χ0n) is 16.3. The molecule has 30 heavy (non-hydrogen) atoms. The van der Waals surface area contributed by atoms with Gasteiger partial charge in [0.05, 0.1) is 11.6 Å². The lowest BCUT2D eigenvalue weighted by Gasteiger charge is -2.10. The zero-order valence-corrected chi connectivity index (χ0v) is 16.3. The van der Waals surface area contributed by atoms with Gasteiger partial charge in [-0.25, -0.2) is 4.68 Å². The van der Waals surface area contributed by atoms with Crippen LogP contribution in [0.2, 0.25) is 0 Å². The molecule has 3 aromatic carbocycles. The van der Waals surface area contributed by atoms with Gasteiger partial charge in [0.1, 0.15) is 18.9 Å². The molecule has 0 fully saturated rings. The van der Waals surface area contributed by atoms with Crippen molar-refractivity contribution in [3.63, 3.8) is 0 Å². The number of aromatic nitrogens is 2. The maximum atomic E-state index is 12.5. The fourth-order valence-corrected chi connectivity index (χ4v) is 3.15. The van der Waals surface area contributed by atoms with Crippen LogP contribution in [0.1, 0.15) is 11.1 Å². The van der Waals surface area contributed by atoms with E-state index < -0.39 is 0 Å². The van der Waals surface area contributed by atoms with Gasteiger partial charge in [0.15, 0.2) is 0 Å². The van der Waals surface area contributed by atoms with Gasteiger partial charge in [-0.2, -0.15) is 5.10 Å². The lowest BCUT2D eigenvalue weighted by atomic mass is 10.1. The van der Waals surface area contributed by atoms with Crippen LogP contribution in [-0.2, 0) is 24.5 Å². The molecule has 0 bridgehead atoms. The van der Waals surface area contributed by atoms with Crippen molar-refractivity contribution < 1.29 is 9.53 Å². The average Bonchev–Trinajstić information content (AvgIpc) is 2.79. The molecule has 6 heteroatoms. The fraction of sp³-hybridized carbons (Fsp3) is 0.125. The Morgan fingerprint density at radius 2 is 1.70 bits per heavy atom. The molecule has 4 rings (SSSR count). The third-order valence-corrected chi connectivity index (χ3v) is 4.68. The average molecular weight is 399 g/mol. The molecule has 6 nitrogen and oxygen atoms in total. The number of carbonyl (C=O) groups is 1. The van der Waals surface area contributed by atoms with Crippen LogP contribution >= 0.6 is 0 Å². The number of hydrogen-bond acceptors (Lipinski definition) is 4. The van der Waals surface area contributed by atoms with E-state index in [0.29, 0.717) is 18.5 Å². The topological polar surface area (TPSA) is 73.2 Å². The third-order valence-electron chi connectivity index (χ3n) is 4.68. The SMILES string of the molecule is O=C(Cn1ncc2ccccc2c1=O)NCc1cccc(COc2ccccc2)c1. The Bertz CT molecular complexity index is 1220. The van der Waals surface area contributed by atoms with Gasteiger partial charge >= 0.3 is 0 Å². The van der Waals surface area contributed by atoms with E-state index in [4.69, 9.17) is 4.74 Å². The minimum atomic E-state index is -0.275. The first-order valence-corrected chi connectivity index (χ1v) is 9.66. The molecule has 0 aliphatic carbocycles.